The second kappa shape index (κ2) is 20.5. The topological polar surface area (TPSA) is 52.5 Å². The molecular weight excluding hydrogens is 292 g/mol. The van der Waals surface area contributed by atoms with Crippen molar-refractivity contribution in [3.05, 3.63) is 10.1 Å². The molecule has 0 fully saturated rings. The number of nitrogens with zero attached hydrogens (tertiary/aromatic N) is 1. The van der Waals surface area contributed by atoms with Gasteiger partial charge in [-0.05, 0) is 0 Å². The number of hydrogen-bond donors (Lipinski definition) is 0. The van der Waals surface area contributed by atoms with E-state index in [-0.39, 0.29) is 0 Å². The molecule has 0 unspecified atom stereocenters. The Morgan fingerprint density at radius 2 is 1.80 bits per heavy atom. The fraction of sp³-hybridized carbons (Fsp3) is 0. The molecule has 0 saturated heterocycles. The Bertz CT molecular complexity index is 17.1. The first-order valence-corrected chi connectivity index (χ1v) is 8.87. The maximum atomic E-state index is 8.00. The van der Waals surface area contributed by atoms with Gasteiger partial charge < -0.3 is 10.1 Å². The maximum absolute atomic E-state index is 8.00. The van der Waals surface area contributed by atoms with Crippen LogP contribution in [0.3, 0.4) is 0 Å². The minimum absolute atomic E-state index is 1.00. The predicted octanol–water partition coefficient (Wildman–Crippen LogP) is 0.756. The molecule has 0 rings (SSSR count). The molecule has 0 saturated carbocycles. The summed E-state index contributed by atoms with van der Waals surface area (Å²) in [7, 11) is 0. The van der Waals surface area contributed by atoms with Gasteiger partial charge in [-0.2, -0.15) is 0 Å². The molecule has 5 heavy (non-hydrogen) atoms. The SMILES string of the molecule is O=N[O-].[Sn][I]. The van der Waals surface area contributed by atoms with Crippen LogP contribution in [0.15, 0.2) is 5.34 Å². The van der Waals surface area contributed by atoms with Crippen molar-refractivity contribution in [1.82, 2.24) is 0 Å². The molecule has 0 N–H and O–H groups in total. The molecular formula is INO2Sn-. The molecule has 0 aromatic rings. The summed E-state index contributed by atoms with van der Waals surface area (Å²) in [6.45, 7) is 0. The fourth-order valence-electron chi connectivity index (χ4n) is 0. The third-order valence-corrected chi connectivity index (χ3v) is 0. The summed E-state index contributed by atoms with van der Waals surface area (Å²) >= 11 is 3.76. The fourth-order valence-corrected chi connectivity index (χ4v) is 0. The predicted molar refractivity (Wildman–Crippen MR) is 28.9 cm³/mol. The molecule has 3 nitrogen and oxygen atoms in total. The molecule has 3 radical (unpaired) electrons. The third-order valence-electron chi connectivity index (χ3n) is 0. The van der Waals surface area contributed by atoms with E-state index in [0.29, 0.717) is 0 Å². The van der Waals surface area contributed by atoms with Crippen LogP contribution in [0.25, 0.3) is 0 Å². The van der Waals surface area contributed by atoms with Crippen molar-refractivity contribution >= 4 is 37.2 Å². The zero-order valence-corrected chi connectivity index (χ0v) is 7.15. The molecule has 5 heteroatoms. The first-order chi connectivity index (χ1) is 2.41. The molecule has 0 heterocycles. The molecule has 0 bridgehead atoms. The molecule has 0 aromatic carbocycles. The second-order valence-electron chi connectivity index (χ2n) is 0.0745. The quantitative estimate of drug-likeness (QED) is 0.286. The molecule has 0 aliphatic rings. The Hall–Kier alpha value is 0.929. The van der Waals surface area contributed by atoms with Gasteiger partial charge in [-0.15, -0.1) is 5.34 Å². The van der Waals surface area contributed by atoms with Crippen molar-refractivity contribution in [2.24, 2.45) is 5.34 Å². The van der Waals surface area contributed by atoms with Crippen LogP contribution < -0.4 is 0 Å². The monoisotopic (exact) mass is 293 g/mol. The molecule has 0 aliphatic carbocycles. The standard InChI is InChI=1S/HI.HNO2.Sn/c;2-1-3;/h1H;(H,2,3);/q;;+1/p-2. The van der Waals surface area contributed by atoms with Gasteiger partial charge in [0.25, 0.3) is 0 Å². The van der Waals surface area contributed by atoms with Crippen molar-refractivity contribution in [2.45, 2.75) is 0 Å². The third kappa shape index (κ3) is 49.0. The van der Waals surface area contributed by atoms with E-state index < -0.39 is 0 Å². The van der Waals surface area contributed by atoms with E-state index in [1.165, 1.54) is 18.6 Å². The number of halogens is 1. The van der Waals surface area contributed by atoms with E-state index in [2.05, 4.69) is 18.6 Å². The molecule has 0 atom stereocenters. The van der Waals surface area contributed by atoms with Gasteiger partial charge >= 0.3 is 37.2 Å². The molecule has 29 valence electrons. The Morgan fingerprint density at radius 1 is 1.80 bits per heavy atom. The molecule has 0 aliphatic heterocycles. The first-order valence-electron chi connectivity index (χ1n) is 0.554. The summed E-state index contributed by atoms with van der Waals surface area (Å²) in [5, 5.41) is 9.00. The zero-order chi connectivity index (χ0) is 4.71. The van der Waals surface area contributed by atoms with Crippen molar-refractivity contribution in [3.63, 3.8) is 0 Å². The van der Waals surface area contributed by atoms with Crippen molar-refractivity contribution in [3.8, 4) is 0 Å². The van der Waals surface area contributed by atoms with Gasteiger partial charge in [-0.25, -0.2) is 0 Å². The Kier molecular flexibility index (Phi) is 38.2. The van der Waals surface area contributed by atoms with E-state index in [1.54, 1.807) is 0 Å². The van der Waals surface area contributed by atoms with Gasteiger partial charge in [-0.1, -0.05) is 0 Å². The summed E-state index contributed by atoms with van der Waals surface area (Å²) < 4.78 is 0. The van der Waals surface area contributed by atoms with Gasteiger partial charge in [0.15, 0.2) is 0 Å². The average Bonchev–Trinajstić information content (AvgIpc) is 1.46. The van der Waals surface area contributed by atoms with Crippen LogP contribution in [0, 0.1) is 10.1 Å². The van der Waals surface area contributed by atoms with Crippen LogP contribution in [0.2, 0.25) is 0 Å². The van der Waals surface area contributed by atoms with E-state index in [0.717, 1.165) is 5.34 Å². The van der Waals surface area contributed by atoms with Gasteiger partial charge in [0, 0.05) is 0 Å². The van der Waals surface area contributed by atoms with Crippen LogP contribution in [-0.4, -0.2) is 18.6 Å². The van der Waals surface area contributed by atoms with Crippen LogP contribution in [-0.2, 0) is 0 Å². The minimum atomic E-state index is 1.00. The van der Waals surface area contributed by atoms with Gasteiger partial charge in [0.2, 0.25) is 0 Å². The molecule has 0 spiro atoms. The summed E-state index contributed by atoms with van der Waals surface area (Å²) in [5.41, 5.74) is 0. The van der Waals surface area contributed by atoms with Crippen LogP contribution in [0.5, 0.6) is 0 Å². The summed E-state index contributed by atoms with van der Waals surface area (Å²) in [5.74, 6) is 0. The number of rotatable bonds is 0. The van der Waals surface area contributed by atoms with Crippen molar-refractivity contribution < 1.29 is 0 Å². The summed E-state index contributed by atoms with van der Waals surface area (Å²) in [6.07, 6.45) is 0. The van der Waals surface area contributed by atoms with Crippen LogP contribution in [0.4, 0.5) is 0 Å². The molecule has 0 amide bonds. The average molecular weight is 292 g/mol. The second-order valence-corrected chi connectivity index (χ2v) is 0.0745. The zero-order valence-electron chi connectivity index (χ0n) is 2.14. The van der Waals surface area contributed by atoms with Crippen LogP contribution >= 0.6 is 18.6 Å². The Labute approximate surface area is 52.3 Å². The first kappa shape index (κ1) is 9.33. The van der Waals surface area contributed by atoms with Gasteiger partial charge in [0.05, 0.1) is 0 Å². The van der Waals surface area contributed by atoms with Gasteiger partial charge in [-0.3, -0.25) is 0 Å². The normalized spacial score (nSPS) is 3.60. The van der Waals surface area contributed by atoms with Crippen molar-refractivity contribution in [1.29, 1.82) is 0 Å². The Morgan fingerprint density at radius 3 is 1.80 bits per heavy atom. The summed E-state index contributed by atoms with van der Waals surface area (Å²) in [4.78, 5) is 8.00. The molecule has 0 aromatic heterocycles. The van der Waals surface area contributed by atoms with E-state index >= 15 is 0 Å². The van der Waals surface area contributed by atoms with E-state index in [4.69, 9.17) is 10.1 Å². The van der Waals surface area contributed by atoms with Crippen molar-refractivity contribution in [2.75, 3.05) is 0 Å². The van der Waals surface area contributed by atoms with E-state index in [1.807, 2.05) is 0 Å². The van der Waals surface area contributed by atoms with Crippen LogP contribution in [0.1, 0.15) is 0 Å². The van der Waals surface area contributed by atoms with Gasteiger partial charge in [0.1, 0.15) is 0 Å². The number of hydrogen-bond acceptors (Lipinski definition) is 3. The van der Waals surface area contributed by atoms with E-state index in [9.17, 15) is 0 Å². The summed E-state index contributed by atoms with van der Waals surface area (Å²) in [6, 6.07) is 0. The Balaban J connectivity index is 0.